The van der Waals surface area contributed by atoms with Crippen LogP contribution in [0.15, 0.2) is 0 Å². The number of tetrazole rings is 1. The summed E-state index contributed by atoms with van der Waals surface area (Å²) in [6, 6.07) is 0. The molecule has 0 unspecified atom stereocenters. The van der Waals surface area contributed by atoms with Crippen molar-refractivity contribution in [1.82, 2.24) is 20.2 Å². The van der Waals surface area contributed by atoms with E-state index in [9.17, 15) is 13.2 Å². The summed E-state index contributed by atoms with van der Waals surface area (Å²) in [6.07, 6.45) is 0. The Morgan fingerprint density at radius 2 is 2.11 bits per heavy atom. The summed E-state index contributed by atoms with van der Waals surface area (Å²) in [5.74, 6) is -0.873. The maximum absolute atomic E-state index is 11.6. The first-order valence-electron chi connectivity index (χ1n) is 5.53. The molecule has 0 spiro atoms. The average molecular weight is 276 g/mol. The van der Waals surface area contributed by atoms with Crippen molar-refractivity contribution in [1.29, 1.82) is 0 Å². The summed E-state index contributed by atoms with van der Waals surface area (Å²) in [5.41, 5.74) is 0. The highest BCUT2D eigenvalue weighted by atomic mass is 32.2. The molecule has 0 bridgehead atoms. The Morgan fingerprint density at radius 3 is 2.67 bits per heavy atom. The van der Waals surface area contributed by atoms with Gasteiger partial charge in [-0.05, 0) is 31.2 Å². The van der Waals surface area contributed by atoms with Gasteiger partial charge in [0, 0.05) is 0 Å². The Balaban J connectivity index is 2.75. The molecule has 0 aliphatic heterocycles. The fourth-order valence-electron chi connectivity index (χ4n) is 1.15. The van der Waals surface area contributed by atoms with Crippen LogP contribution in [0, 0.1) is 0 Å². The molecule has 18 heavy (non-hydrogen) atoms. The van der Waals surface area contributed by atoms with Crippen LogP contribution in [0.2, 0.25) is 0 Å². The van der Waals surface area contributed by atoms with E-state index in [1.165, 1.54) is 0 Å². The van der Waals surface area contributed by atoms with Crippen molar-refractivity contribution in [3.8, 4) is 0 Å². The van der Waals surface area contributed by atoms with E-state index in [1.54, 1.807) is 20.8 Å². The maximum Gasteiger partial charge on any atom is 0.378 e. The van der Waals surface area contributed by atoms with E-state index in [4.69, 9.17) is 4.74 Å². The van der Waals surface area contributed by atoms with Crippen molar-refractivity contribution >= 4 is 15.8 Å². The van der Waals surface area contributed by atoms with Gasteiger partial charge >= 0.3 is 5.97 Å². The zero-order valence-electron chi connectivity index (χ0n) is 10.5. The molecule has 1 heterocycles. The van der Waals surface area contributed by atoms with E-state index < -0.39 is 21.1 Å². The SMILES string of the molecule is CCOC(=O)c1nnnn1CCS(=O)(=O)C(C)C. The normalized spacial score (nSPS) is 11.8. The molecule has 0 saturated heterocycles. The number of esters is 1. The zero-order valence-corrected chi connectivity index (χ0v) is 11.3. The van der Waals surface area contributed by atoms with E-state index >= 15 is 0 Å². The Morgan fingerprint density at radius 1 is 1.44 bits per heavy atom. The molecule has 1 rings (SSSR count). The van der Waals surface area contributed by atoms with Gasteiger partial charge in [-0.1, -0.05) is 0 Å². The van der Waals surface area contributed by atoms with Gasteiger partial charge in [-0.3, -0.25) is 0 Å². The summed E-state index contributed by atoms with van der Waals surface area (Å²) in [6.45, 7) is 5.09. The zero-order chi connectivity index (χ0) is 13.8. The second kappa shape index (κ2) is 5.89. The fourth-order valence-corrected chi connectivity index (χ4v) is 2.05. The van der Waals surface area contributed by atoms with Gasteiger partial charge in [-0.25, -0.2) is 17.9 Å². The highest BCUT2D eigenvalue weighted by molar-refractivity contribution is 7.91. The third-order valence-corrected chi connectivity index (χ3v) is 4.48. The van der Waals surface area contributed by atoms with E-state index in [0.29, 0.717) is 0 Å². The average Bonchev–Trinajstić information content (AvgIpc) is 2.74. The van der Waals surface area contributed by atoms with E-state index in [1.807, 2.05) is 0 Å². The van der Waals surface area contributed by atoms with Crippen LogP contribution in [0.1, 0.15) is 31.4 Å². The number of carbonyl (C=O) groups excluding carboxylic acids is 1. The third kappa shape index (κ3) is 3.49. The van der Waals surface area contributed by atoms with Gasteiger partial charge < -0.3 is 4.74 Å². The molecule has 1 aromatic rings. The molecule has 0 aliphatic carbocycles. The Labute approximate surface area is 105 Å². The second-order valence-corrected chi connectivity index (χ2v) is 6.54. The highest BCUT2D eigenvalue weighted by Gasteiger charge is 2.20. The number of nitrogens with zero attached hydrogens (tertiary/aromatic N) is 4. The van der Waals surface area contributed by atoms with Crippen LogP contribution in [0.25, 0.3) is 0 Å². The second-order valence-electron chi connectivity index (χ2n) is 3.86. The quantitative estimate of drug-likeness (QED) is 0.655. The van der Waals surface area contributed by atoms with Crippen molar-refractivity contribution in [2.75, 3.05) is 12.4 Å². The predicted octanol–water partition coefficient (Wildman–Crippen LogP) is -0.327. The monoisotopic (exact) mass is 276 g/mol. The van der Waals surface area contributed by atoms with E-state index in [0.717, 1.165) is 4.68 Å². The largest absolute Gasteiger partial charge is 0.460 e. The number of rotatable bonds is 6. The van der Waals surface area contributed by atoms with Crippen molar-refractivity contribution in [2.45, 2.75) is 32.6 Å². The summed E-state index contributed by atoms with van der Waals surface area (Å²) in [4.78, 5) is 11.4. The molecule has 0 atom stereocenters. The smallest absolute Gasteiger partial charge is 0.378 e. The summed E-state index contributed by atoms with van der Waals surface area (Å²) in [7, 11) is -3.20. The molecule has 0 aliphatic rings. The number of ether oxygens (including phenoxy) is 1. The van der Waals surface area contributed by atoms with Gasteiger partial charge in [0.1, 0.15) is 0 Å². The van der Waals surface area contributed by atoms with Gasteiger partial charge in [-0.15, -0.1) is 5.10 Å². The Hall–Kier alpha value is -1.51. The maximum atomic E-state index is 11.6. The van der Waals surface area contributed by atoms with Crippen molar-refractivity contribution in [2.24, 2.45) is 0 Å². The van der Waals surface area contributed by atoms with Crippen LogP contribution in [-0.2, 0) is 21.1 Å². The van der Waals surface area contributed by atoms with Crippen molar-refractivity contribution in [3.63, 3.8) is 0 Å². The Bertz CT molecular complexity index is 508. The molecule has 9 heteroatoms. The first kappa shape index (κ1) is 14.6. The van der Waals surface area contributed by atoms with Crippen molar-refractivity contribution < 1.29 is 17.9 Å². The summed E-state index contributed by atoms with van der Waals surface area (Å²) in [5, 5.41) is 9.95. The molecule has 0 fully saturated rings. The van der Waals surface area contributed by atoms with Gasteiger partial charge in [0.2, 0.25) is 0 Å². The predicted molar refractivity (Wildman–Crippen MR) is 62.7 cm³/mol. The van der Waals surface area contributed by atoms with Gasteiger partial charge in [-0.2, -0.15) is 0 Å². The van der Waals surface area contributed by atoms with Crippen LogP contribution < -0.4 is 0 Å². The Kier molecular flexibility index (Phi) is 4.76. The third-order valence-electron chi connectivity index (χ3n) is 2.30. The molecule has 0 amide bonds. The van der Waals surface area contributed by atoms with Crippen molar-refractivity contribution in [3.05, 3.63) is 5.82 Å². The molecular weight excluding hydrogens is 260 g/mol. The molecule has 0 saturated carbocycles. The molecule has 0 aromatic carbocycles. The number of aryl methyl sites for hydroxylation is 1. The van der Waals surface area contributed by atoms with Crippen LogP contribution in [0.5, 0.6) is 0 Å². The minimum atomic E-state index is -3.20. The number of aromatic nitrogens is 4. The number of carbonyl (C=O) groups is 1. The number of hydrogen-bond donors (Lipinski definition) is 0. The minimum Gasteiger partial charge on any atom is -0.460 e. The molecular formula is C9H16N4O4S. The lowest BCUT2D eigenvalue weighted by atomic mass is 10.6. The lowest BCUT2D eigenvalue weighted by Gasteiger charge is -2.08. The van der Waals surface area contributed by atoms with Gasteiger partial charge in [0.25, 0.3) is 5.82 Å². The standard InChI is InChI=1S/C9H16N4O4S/c1-4-17-9(14)8-10-11-12-13(8)5-6-18(15,16)7(2)3/h7H,4-6H2,1-3H3. The molecule has 1 aromatic heterocycles. The first-order valence-corrected chi connectivity index (χ1v) is 7.25. The molecule has 0 radical (unpaired) electrons. The van der Waals surface area contributed by atoms with Gasteiger partial charge in [0.05, 0.1) is 24.2 Å². The lowest BCUT2D eigenvalue weighted by molar-refractivity contribution is 0.0504. The van der Waals surface area contributed by atoms with Crippen LogP contribution >= 0.6 is 0 Å². The number of hydrogen-bond acceptors (Lipinski definition) is 7. The summed E-state index contributed by atoms with van der Waals surface area (Å²) >= 11 is 0. The number of sulfone groups is 1. The van der Waals surface area contributed by atoms with Crippen LogP contribution in [-0.4, -0.2) is 52.2 Å². The van der Waals surface area contributed by atoms with E-state index in [2.05, 4.69) is 15.5 Å². The lowest BCUT2D eigenvalue weighted by Crippen LogP contribution is -2.23. The first-order chi connectivity index (χ1) is 8.38. The van der Waals surface area contributed by atoms with Crippen LogP contribution in [0.4, 0.5) is 0 Å². The molecule has 102 valence electrons. The van der Waals surface area contributed by atoms with E-state index in [-0.39, 0.29) is 24.7 Å². The molecule has 0 N–H and O–H groups in total. The highest BCUT2D eigenvalue weighted by Crippen LogP contribution is 2.03. The topological polar surface area (TPSA) is 104 Å². The minimum absolute atomic E-state index is 0.0294. The summed E-state index contributed by atoms with van der Waals surface area (Å²) < 4.78 is 29.2. The fraction of sp³-hybridized carbons (Fsp3) is 0.778. The van der Waals surface area contributed by atoms with Crippen LogP contribution in [0.3, 0.4) is 0 Å². The molecule has 8 nitrogen and oxygen atoms in total. The van der Waals surface area contributed by atoms with Gasteiger partial charge in [0.15, 0.2) is 9.84 Å².